The molecule has 0 atom stereocenters. The van der Waals surface area contributed by atoms with Crippen molar-refractivity contribution in [2.45, 2.75) is 20.0 Å². The molecule has 0 spiro atoms. The van der Waals surface area contributed by atoms with Crippen LogP contribution in [0.15, 0.2) is 42.5 Å². The summed E-state index contributed by atoms with van der Waals surface area (Å²) < 4.78 is 10.9. The molecule has 7 nitrogen and oxygen atoms in total. The Kier molecular flexibility index (Phi) is 8.50. The van der Waals surface area contributed by atoms with Crippen molar-refractivity contribution in [3.63, 3.8) is 0 Å². The second kappa shape index (κ2) is 10.8. The van der Waals surface area contributed by atoms with E-state index in [1.165, 1.54) is 6.07 Å². The van der Waals surface area contributed by atoms with Crippen LogP contribution in [0.5, 0.6) is 11.5 Å². The van der Waals surface area contributed by atoms with Gasteiger partial charge in [-0.3, -0.25) is 25.8 Å². The number of carbonyl (C=O) groups is 2. The van der Waals surface area contributed by atoms with Gasteiger partial charge in [-0.1, -0.05) is 35.3 Å². The fourth-order valence-electron chi connectivity index (χ4n) is 2.11. The highest BCUT2D eigenvalue weighted by Crippen LogP contribution is 2.27. The first-order valence-electron chi connectivity index (χ1n) is 8.50. The fourth-order valence-corrected chi connectivity index (χ4v) is 2.72. The topological polar surface area (TPSA) is 88.7 Å². The molecule has 2 amide bonds. The van der Waals surface area contributed by atoms with Gasteiger partial charge in [-0.05, 0) is 56.4 Å². The maximum absolute atomic E-state index is 12.4. The number of carbonyl (C=O) groups excluding carboxylic acids is 2. The zero-order valence-corrected chi connectivity index (χ0v) is 18.0. The average Bonchev–Trinajstić information content (AvgIpc) is 2.65. The van der Waals surface area contributed by atoms with Crippen LogP contribution >= 0.6 is 35.4 Å². The van der Waals surface area contributed by atoms with Crippen LogP contribution in [-0.2, 0) is 4.79 Å². The molecule has 0 unspecified atom stereocenters. The predicted molar refractivity (Wildman–Crippen MR) is 116 cm³/mol. The van der Waals surface area contributed by atoms with Crippen LogP contribution in [0.25, 0.3) is 0 Å². The second-order valence-corrected chi connectivity index (χ2v) is 7.23. The number of rotatable bonds is 6. The van der Waals surface area contributed by atoms with E-state index < -0.39 is 11.8 Å². The molecule has 154 valence electrons. The average molecular weight is 456 g/mol. The quantitative estimate of drug-likeness (QED) is 0.456. The molecule has 0 radical (unpaired) electrons. The fraction of sp³-hybridized carbons (Fsp3) is 0.211. The molecular weight excluding hydrogens is 437 g/mol. The van der Waals surface area contributed by atoms with Crippen molar-refractivity contribution in [3.05, 3.63) is 58.1 Å². The van der Waals surface area contributed by atoms with Gasteiger partial charge in [0.2, 0.25) is 0 Å². The molecule has 2 rings (SSSR count). The molecule has 0 aliphatic carbocycles. The van der Waals surface area contributed by atoms with Gasteiger partial charge in [-0.15, -0.1) is 0 Å². The standard InChI is InChI=1S/C19H19Cl2N3O4S/c1-11(2)28-15-6-4-3-5-13(15)18(26)22-19(29)24-23-17(25)10-27-16-8-7-12(20)9-14(16)21/h3-9,11H,10H2,1-2H3,(H,23,25)(H2,22,24,26,29). The van der Waals surface area contributed by atoms with Crippen LogP contribution in [0.1, 0.15) is 24.2 Å². The Bertz CT molecular complexity index is 909. The molecule has 2 aromatic carbocycles. The van der Waals surface area contributed by atoms with Crippen molar-refractivity contribution in [1.82, 2.24) is 16.2 Å². The van der Waals surface area contributed by atoms with Crippen LogP contribution < -0.4 is 25.6 Å². The number of ether oxygens (including phenoxy) is 2. The SMILES string of the molecule is CC(C)Oc1ccccc1C(=O)NC(=S)NNC(=O)COc1ccc(Cl)cc1Cl. The molecule has 0 saturated heterocycles. The minimum Gasteiger partial charge on any atom is -0.490 e. The second-order valence-electron chi connectivity index (χ2n) is 5.98. The van der Waals surface area contributed by atoms with Crippen LogP contribution in [0, 0.1) is 0 Å². The van der Waals surface area contributed by atoms with Gasteiger partial charge in [0.05, 0.1) is 16.7 Å². The minimum absolute atomic E-state index is 0.0905. The zero-order valence-electron chi connectivity index (χ0n) is 15.6. The van der Waals surface area contributed by atoms with Gasteiger partial charge in [-0.25, -0.2) is 0 Å². The van der Waals surface area contributed by atoms with E-state index in [0.717, 1.165) is 0 Å². The van der Waals surface area contributed by atoms with Crippen molar-refractivity contribution in [2.24, 2.45) is 0 Å². The van der Waals surface area contributed by atoms with E-state index in [1.807, 2.05) is 13.8 Å². The Morgan fingerprint density at radius 3 is 2.48 bits per heavy atom. The Hall–Kier alpha value is -2.55. The molecule has 0 saturated carbocycles. The summed E-state index contributed by atoms with van der Waals surface area (Å²) in [5.41, 5.74) is 5.06. The van der Waals surface area contributed by atoms with Crippen LogP contribution in [0.2, 0.25) is 10.0 Å². The summed E-state index contributed by atoms with van der Waals surface area (Å²) in [7, 11) is 0. The van der Waals surface area contributed by atoms with E-state index in [-0.39, 0.29) is 22.8 Å². The summed E-state index contributed by atoms with van der Waals surface area (Å²) in [5.74, 6) is -0.266. The molecule has 0 aromatic heterocycles. The Balaban J connectivity index is 1.82. The van der Waals surface area contributed by atoms with Gasteiger partial charge in [0.25, 0.3) is 11.8 Å². The smallest absolute Gasteiger partial charge is 0.276 e. The largest absolute Gasteiger partial charge is 0.490 e. The van der Waals surface area contributed by atoms with E-state index in [1.54, 1.807) is 36.4 Å². The molecule has 0 aliphatic heterocycles. The molecule has 3 N–H and O–H groups in total. The highest BCUT2D eigenvalue weighted by Gasteiger charge is 2.15. The molecule has 0 fully saturated rings. The molecule has 0 bridgehead atoms. The molecule has 0 aliphatic rings. The van der Waals surface area contributed by atoms with Gasteiger partial charge in [0.1, 0.15) is 11.5 Å². The van der Waals surface area contributed by atoms with E-state index in [0.29, 0.717) is 22.1 Å². The molecule has 29 heavy (non-hydrogen) atoms. The molecular formula is C19H19Cl2N3O4S. The molecule has 2 aromatic rings. The third-order valence-electron chi connectivity index (χ3n) is 3.29. The first-order valence-corrected chi connectivity index (χ1v) is 9.66. The number of nitrogens with one attached hydrogen (secondary N) is 3. The van der Waals surface area contributed by atoms with Gasteiger partial charge >= 0.3 is 0 Å². The number of halogens is 2. The molecule has 10 heteroatoms. The van der Waals surface area contributed by atoms with Gasteiger partial charge < -0.3 is 9.47 Å². The van der Waals surface area contributed by atoms with Crippen molar-refractivity contribution in [3.8, 4) is 11.5 Å². The monoisotopic (exact) mass is 455 g/mol. The number of hydrogen-bond acceptors (Lipinski definition) is 5. The number of para-hydroxylation sites is 1. The van der Waals surface area contributed by atoms with Crippen LogP contribution in [0.4, 0.5) is 0 Å². The normalized spacial score (nSPS) is 10.2. The lowest BCUT2D eigenvalue weighted by atomic mass is 10.2. The first-order chi connectivity index (χ1) is 13.8. The van der Waals surface area contributed by atoms with Crippen molar-refractivity contribution >= 4 is 52.3 Å². The summed E-state index contributed by atoms with van der Waals surface area (Å²) in [6, 6.07) is 11.4. The maximum atomic E-state index is 12.4. The van der Waals surface area contributed by atoms with Gasteiger partial charge in [0.15, 0.2) is 11.7 Å². The van der Waals surface area contributed by atoms with Crippen molar-refractivity contribution in [2.75, 3.05) is 6.61 Å². The summed E-state index contributed by atoms with van der Waals surface area (Å²) in [6.45, 7) is 3.39. The number of benzene rings is 2. The Morgan fingerprint density at radius 2 is 1.79 bits per heavy atom. The highest BCUT2D eigenvalue weighted by atomic mass is 35.5. The summed E-state index contributed by atoms with van der Waals surface area (Å²) in [5, 5.41) is 3.11. The highest BCUT2D eigenvalue weighted by molar-refractivity contribution is 7.80. The summed E-state index contributed by atoms with van der Waals surface area (Å²) in [6.07, 6.45) is -0.0949. The van der Waals surface area contributed by atoms with Crippen molar-refractivity contribution < 1.29 is 19.1 Å². The van der Waals surface area contributed by atoms with E-state index >= 15 is 0 Å². The van der Waals surface area contributed by atoms with E-state index in [9.17, 15) is 9.59 Å². The number of thiocarbonyl (C=S) groups is 1. The predicted octanol–water partition coefficient (Wildman–Crippen LogP) is 3.50. The lowest BCUT2D eigenvalue weighted by Gasteiger charge is -2.15. The lowest BCUT2D eigenvalue weighted by molar-refractivity contribution is -0.123. The third kappa shape index (κ3) is 7.41. The maximum Gasteiger partial charge on any atom is 0.276 e. The Labute approximate surface area is 183 Å². The number of amides is 2. The van der Waals surface area contributed by atoms with Crippen LogP contribution in [-0.4, -0.2) is 29.6 Å². The number of hydrazine groups is 1. The minimum atomic E-state index is -0.531. The zero-order chi connectivity index (χ0) is 21.4. The summed E-state index contributed by atoms with van der Waals surface area (Å²) in [4.78, 5) is 24.3. The first kappa shape index (κ1) is 22.7. The third-order valence-corrected chi connectivity index (χ3v) is 4.02. The molecule has 0 heterocycles. The summed E-state index contributed by atoms with van der Waals surface area (Å²) >= 11 is 16.8. The Morgan fingerprint density at radius 1 is 1.07 bits per heavy atom. The van der Waals surface area contributed by atoms with Gasteiger partial charge in [0, 0.05) is 5.02 Å². The van der Waals surface area contributed by atoms with Gasteiger partial charge in [-0.2, -0.15) is 0 Å². The van der Waals surface area contributed by atoms with E-state index in [4.69, 9.17) is 44.9 Å². The lowest BCUT2D eigenvalue weighted by Crippen LogP contribution is -2.49. The van der Waals surface area contributed by atoms with E-state index in [2.05, 4.69) is 16.2 Å². The van der Waals surface area contributed by atoms with Crippen LogP contribution in [0.3, 0.4) is 0 Å². The van der Waals surface area contributed by atoms with Crippen molar-refractivity contribution in [1.29, 1.82) is 0 Å². The number of hydrogen-bond donors (Lipinski definition) is 3.